The normalized spacial score (nSPS) is 17.0. The maximum atomic E-state index is 9.38. The summed E-state index contributed by atoms with van der Waals surface area (Å²) >= 11 is 0. The summed E-state index contributed by atoms with van der Waals surface area (Å²) in [7, 11) is 0. The first-order chi connectivity index (χ1) is 8.83. The third-order valence-corrected chi connectivity index (χ3v) is 3.59. The molecule has 2 N–H and O–H groups in total. The highest BCUT2D eigenvalue weighted by atomic mass is 16.3. The van der Waals surface area contributed by atoms with Gasteiger partial charge in [-0.1, -0.05) is 36.4 Å². The summed E-state index contributed by atoms with van der Waals surface area (Å²) in [6, 6.07) is 16.1. The zero-order valence-corrected chi connectivity index (χ0v) is 10.3. The number of hydrogen-bond acceptors (Lipinski definition) is 2. The second-order valence-electron chi connectivity index (χ2n) is 4.90. The molecule has 0 saturated heterocycles. The molecule has 0 aromatic heterocycles. The molecule has 92 valence electrons. The molecule has 0 aliphatic heterocycles. The molecule has 18 heavy (non-hydrogen) atoms. The molecule has 1 aliphatic rings. The van der Waals surface area contributed by atoms with Crippen LogP contribution in [0.25, 0.3) is 0 Å². The van der Waals surface area contributed by atoms with Crippen LogP contribution in [0.15, 0.2) is 48.5 Å². The molecule has 2 nitrogen and oxygen atoms in total. The fraction of sp³-hybridized carbons (Fsp3) is 0.250. The van der Waals surface area contributed by atoms with Crippen molar-refractivity contribution < 1.29 is 5.11 Å². The molecule has 1 aliphatic carbocycles. The van der Waals surface area contributed by atoms with Crippen LogP contribution in [0.4, 0.5) is 0 Å². The SMILES string of the molecule is Oc1cccc(CNCC2Cc3ccccc32)c1. The van der Waals surface area contributed by atoms with Gasteiger partial charge in [0.1, 0.15) is 5.75 Å². The summed E-state index contributed by atoms with van der Waals surface area (Å²) in [4.78, 5) is 0. The molecule has 2 heteroatoms. The molecule has 1 atom stereocenters. The number of phenolic OH excluding ortho intramolecular Hbond substituents is 1. The Balaban J connectivity index is 1.52. The Morgan fingerprint density at radius 1 is 1.11 bits per heavy atom. The van der Waals surface area contributed by atoms with Gasteiger partial charge in [0.2, 0.25) is 0 Å². The molecule has 1 unspecified atom stereocenters. The zero-order chi connectivity index (χ0) is 12.4. The molecule has 0 heterocycles. The van der Waals surface area contributed by atoms with Gasteiger partial charge >= 0.3 is 0 Å². The molecule has 0 saturated carbocycles. The zero-order valence-electron chi connectivity index (χ0n) is 10.3. The molecule has 3 rings (SSSR count). The Labute approximate surface area is 107 Å². The largest absolute Gasteiger partial charge is 0.508 e. The van der Waals surface area contributed by atoms with Crippen LogP contribution in [-0.2, 0) is 13.0 Å². The van der Waals surface area contributed by atoms with E-state index < -0.39 is 0 Å². The summed E-state index contributed by atoms with van der Waals surface area (Å²) in [5.41, 5.74) is 4.10. The van der Waals surface area contributed by atoms with Crippen LogP contribution in [0.2, 0.25) is 0 Å². The van der Waals surface area contributed by atoms with Gasteiger partial charge in [-0.3, -0.25) is 0 Å². The summed E-state index contributed by atoms with van der Waals surface area (Å²) in [6.07, 6.45) is 1.18. The van der Waals surface area contributed by atoms with Crippen molar-refractivity contribution in [3.8, 4) is 5.75 Å². The maximum absolute atomic E-state index is 9.38. The van der Waals surface area contributed by atoms with Crippen LogP contribution < -0.4 is 5.32 Å². The van der Waals surface area contributed by atoms with Gasteiger partial charge in [0.05, 0.1) is 0 Å². The van der Waals surface area contributed by atoms with Crippen LogP contribution in [0, 0.1) is 0 Å². The van der Waals surface area contributed by atoms with Crippen LogP contribution in [0.3, 0.4) is 0 Å². The Hall–Kier alpha value is -1.80. The summed E-state index contributed by atoms with van der Waals surface area (Å²) in [5, 5.41) is 12.8. The minimum atomic E-state index is 0.336. The molecule has 2 aromatic carbocycles. The molecule has 2 aromatic rings. The van der Waals surface area contributed by atoms with Gasteiger partial charge in [0.15, 0.2) is 0 Å². The summed E-state index contributed by atoms with van der Waals surface area (Å²) in [5.74, 6) is 0.988. The van der Waals surface area contributed by atoms with E-state index >= 15 is 0 Å². The Morgan fingerprint density at radius 3 is 2.83 bits per heavy atom. The average molecular weight is 239 g/mol. The molecule has 0 spiro atoms. The predicted octanol–water partition coefficient (Wildman–Crippen LogP) is 2.82. The highest BCUT2D eigenvalue weighted by Crippen LogP contribution is 2.34. The highest BCUT2D eigenvalue weighted by molar-refractivity contribution is 5.40. The van der Waals surface area contributed by atoms with E-state index in [1.807, 2.05) is 18.2 Å². The van der Waals surface area contributed by atoms with Crippen molar-refractivity contribution in [3.05, 3.63) is 65.2 Å². The number of phenols is 1. The lowest BCUT2D eigenvalue weighted by Gasteiger charge is -2.30. The van der Waals surface area contributed by atoms with Gasteiger partial charge < -0.3 is 10.4 Å². The fourth-order valence-electron chi connectivity index (χ4n) is 2.60. The summed E-state index contributed by atoms with van der Waals surface area (Å²) in [6.45, 7) is 1.82. The topological polar surface area (TPSA) is 32.3 Å². The molecular formula is C16H17NO. The van der Waals surface area contributed by atoms with Crippen LogP contribution in [0.5, 0.6) is 5.75 Å². The number of fused-ring (bicyclic) bond motifs is 1. The van der Waals surface area contributed by atoms with Crippen LogP contribution >= 0.6 is 0 Å². The van der Waals surface area contributed by atoms with Crippen molar-refractivity contribution in [2.75, 3.05) is 6.54 Å². The van der Waals surface area contributed by atoms with E-state index in [2.05, 4.69) is 29.6 Å². The molecule has 0 bridgehead atoms. The monoisotopic (exact) mass is 239 g/mol. The third kappa shape index (κ3) is 2.24. The Bertz CT molecular complexity index is 550. The first-order valence-electron chi connectivity index (χ1n) is 6.39. The lowest BCUT2D eigenvalue weighted by molar-refractivity contribution is 0.473. The maximum Gasteiger partial charge on any atom is 0.115 e. The third-order valence-electron chi connectivity index (χ3n) is 3.59. The molecular weight excluding hydrogens is 222 g/mol. The van der Waals surface area contributed by atoms with Crippen molar-refractivity contribution in [1.29, 1.82) is 0 Å². The van der Waals surface area contributed by atoms with Gasteiger partial charge in [0.25, 0.3) is 0 Å². The Kier molecular flexibility index (Phi) is 3.03. The van der Waals surface area contributed by atoms with Gasteiger partial charge in [-0.15, -0.1) is 0 Å². The van der Waals surface area contributed by atoms with Gasteiger partial charge in [-0.25, -0.2) is 0 Å². The van der Waals surface area contributed by atoms with Crippen molar-refractivity contribution in [2.24, 2.45) is 0 Å². The Morgan fingerprint density at radius 2 is 2.00 bits per heavy atom. The highest BCUT2D eigenvalue weighted by Gasteiger charge is 2.24. The lowest BCUT2D eigenvalue weighted by atomic mass is 9.77. The smallest absolute Gasteiger partial charge is 0.115 e. The van der Waals surface area contributed by atoms with E-state index in [-0.39, 0.29) is 0 Å². The second-order valence-corrected chi connectivity index (χ2v) is 4.90. The number of nitrogens with one attached hydrogen (secondary N) is 1. The van der Waals surface area contributed by atoms with Crippen LogP contribution in [-0.4, -0.2) is 11.7 Å². The van der Waals surface area contributed by atoms with Crippen molar-refractivity contribution in [3.63, 3.8) is 0 Å². The van der Waals surface area contributed by atoms with E-state index in [0.717, 1.165) is 18.7 Å². The predicted molar refractivity (Wildman–Crippen MR) is 72.7 cm³/mol. The van der Waals surface area contributed by atoms with Gasteiger partial charge in [-0.05, 0) is 35.2 Å². The second kappa shape index (κ2) is 4.83. The fourth-order valence-corrected chi connectivity index (χ4v) is 2.60. The van der Waals surface area contributed by atoms with Gasteiger partial charge in [-0.2, -0.15) is 0 Å². The average Bonchev–Trinajstić information content (AvgIpc) is 2.35. The standard InChI is InChI=1S/C16H17NO/c18-15-6-3-4-12(8-15)10-17-11-14-9-13-5-1-2-7-16(13)14/h1-8,14,17-18H,9-11H2. The van der Waals surface area contributed by atoms with Gasteiger partial charge in [0, 0.05) is 19.0 Å². The minimum Gasteiger partial charge on any atom is -0.508 e. The summed E-state index contributed by atoms with van der Waals surface area (Å²) < 4.78 is 0. The number of rotatable bonds is 4. The van der Waals surface area contributed by atoms with Crippen molar-refractivity contribution in [1.82, 2.24) is 5.32 Å². The first kappa shape index (κ1) is 11.3. The van der Waals surface area contributed by atoms with E-state index in [1.54, 1.807) is 6.07 Å². The van der Waals surface area contributed by atoms with E-state index in [1.165, 1.54) is 17.5 Å². The molecule has 0 fully saturated rings. The number of hydrogen-bond donors (Lipinski definition) is 2. The van der Waals surface area contributed by atoms with E-state index in [4.69, 9.17) is 0 Å². The van der Waals surface area contributed by atoms with Crippen LogP contribution in [0.1, 0.15) is 22.6 Å². The van der Waals surface area contributed by atoms with E-state index in [9.17, 15) is 5.11 Å². The van der Waals surface area contributed by atoms with E-state index in [0.29, 0.717) is 11.7 Å². The first-order valence-corrected chi connectivity index (χ1v) is 6.39. The molecule has 0 amide bonds. The molecule has 0 radical (unpaired) electrons. The quantitative estimate of drug-likeness (QED) is 0.860. The van der Waals surface area contributed by atoms with Crippen molar-refractivity contribution >= 4 is 0 Å². The lowest BCUT2D eigenvalue weighted by Crippen LogP contribution is -2.28. The minimum absolute atomic E-state index is 0.336. The van der Waals surface area contributed by atoms with Crippen molar-refractivity contribution in [2.45, 2.75) is 18.9 Å². The number of benzene rings is 2. The number of aromatic hydroxyl groups is 1.